The molecule has 1 aromatic carbocycles. The van der Waals surface area contributed by atoms with E-state index < -0.39 is 0 Å². The van der Waals surface area contributed by atoms with Gasteiger partial charge in [-0.2, -0.15) is 5.10 Å². The Morgan fingerprint density at radius 2 is 2.17 bits per heavy atom. The summed E-state index contributed by atoms with van der Waals surface area (Å²) in [5, 5.41) is 7.06. The summed E-state index contributed by atoms with van der Waals surface area (Å²) >= 11 is 0. The fraction of sp³-hybridized carbons (Fsp3) is 0.389. The predicted molar refractivity (Wildman–Crippen MR) is 86.6 cm³/mol. The van der Waals surface area contributed by atoms with Gasteiger partial charge in [-0.05, 0) is 43.0 Å². The third kappa shape index (κ3) is 3.18. The Hall–Kier alpha value is -2.63. The quantitative estimate of drug-likeness (QED) is 0.674. The molecule has 0 spiro atoms. The first-order chi connectivity index (χ1) is 11.6. The monoisotopic (exact) mass is 325 g/mol. The molecule has 0 aliphatic heterocycles. The second-order valence-corrected chi connectivity index (χ2v) is 6.59. The van der Waals surface area contributed by atoms with Crippen molar-refractivity contribution in [1.29, 1.82) is 0 Å². The predicted octanol–water partition coefficient (Wildman–Crippen LogP) is 2.02. The second-order valence-electron chi connectivity index (χ2n) is 6.59. The number of amides is 1. The van der Waals surface area contributed by atoms with E-state index in [0.717, 1.165) is 24.8 Å². The molecule has 24 heavy (non-hydrogen) atoms. The average Bonchev–Trinajstić information content (AvgIpc) is 3.48. The van der Waals surface area contributed by atoms with E-state index in [1.54, 1.807) is 35.1 Å². The lowest BCUT2D eigenvalue weighted by molar-refractivity contribution is -0.135. The normalized spacial score (nSPS) is 22.0. The van der Waals surface area contributed by atoms with Gasteiger partial charge >= 0.3 is 5.97 Å². The number of carbonyl (C=O) groups is 2. The van der Waals surface area contributed by atoms with Crippen LogP contribution in [0.3, 0.4) is 0 Å². The van der Waals surface area contributed by atoms with Crippen molar-refractivity contribution in [1.82, 2.24) is 15.1 Å². The summed E-state index contributed by atoms with van der Waals surface area (Å²) in [5.41, 5.74) is 1.59. The largest absolute Gasteiger partial charge is 0.426 e. The fourth-order valence-corrected chi connectivity index (χ4v) is 2.84. The summed E-state index contributed by atoms with van der Waals surface area (Å²) in [6.07, 6.45) is 6.59. The van der Waals surface area contributed by atoms with Crippen LogP contribution in [0.2, 0.25) is 0 Å². The molecule has 0 radical (unpaired) electrons. The van der Waals surface area contributed by atoms with Crippen LogP contribution in [-0.2, 0) is 11.8 Å². The molecule has 2 atom stereocenters. The topological polar surface area (TPSA) is 73.2 Å². The Labute approximate surface area is 139 Å². The minimum absolute atomic E-state index is 0.116. The molecule has 6 heteroatoms. The fourth-order valence-electron chi connectivity index (χ4n) is 2.84. The molecular weight excluding hydrogens is 306 g/mol. The summed E-state index contributed by atoms with van der Waals surface area (Å²) in [6, 6.07) is 7.08. The smallest absolute Gasteiger partial charge is 0.314 e. The highest BCUT2D eigenvalue weighted by Crippen LogP contribution is 2.48. The summed E-state index contributed by atoms with van der Waals surface area (Å²) in [4.78, 5) is 24.3. The number of aryl methyl sites for hydroxylation is 1. The lowest BCUT2D eigenvalue weighted by Gasteiger charge is -2.07. The van der Waals surface area contributed by atoms with Gasteiger partial charge in [0, 0.05) is 30.8 Å². The van der Waals surface area contributed by atoms with Gasteiger partial charge in [0.1, 0.15) is 5.75 Å². The number of nitrogens with zero attached hydrogens (tertiary/aromatic N) is 2. The molecule has 1 N–H and O–H groups in total. The van der Waals surface area contributed by atoms with E-state index in [4.69, 9.17) is 4.74 Å². The molecule has 1 aromatic heterocycles. The molecule has 2 aromatic rings. The third-order valence-corrected chi connectivity index (χ3v) is 4.47. The van der Waals surface area contributed by atoms with Gasteiger partial charge in [0.2, 0.25) is 0 Å². The molecule has 2 aliphatic rings. The van der Waals surface area contributed by atoms with Crippen LogP contribution in [0.1, 0.15) is 41.1 Å². The van der Waals surface area contributed by atoms with Gasteiger partial charge in [-0.15, -0.1) is 0 Å². The highest BCUT2D eigenvalue weighted by Gasteiger charge is 2.46. The van der Waals surface area contributed by atoms with E-state index in [0.29, 0.717) is 17.4 Å². The van der Waals surface area contributed by atoms with E-state index in [2.05, 4.69) is 10.4 Å². The Balaban J connectivity index is 1.38. The zero-order chi connectivity index (χ0) is 16.7. The molecule has 0 saturated heterocycles. The average molecular weight is 325 g/mol. The lowest BCUT2D eigenvalue weighted by atomic mass is 10.2. The Kier molecular flexibility index (Phi) is 3.59. The molecule has 0 unspecified atom stereocenters. The van der Waals surface area contributed by atoms with Crippen LogP contribution in [0.4, 0.5) is 0 Å². The molecule has 0 bridgehead atoms. The van der Waals surface area contributed by atoms with Crippen molar-refractivity contribution in [2.75, 3.05) is 0 Å². The lowest BCUT2D eigenvalue weighted by Crippen LogP contribution is -2.25. The molecule has 2 aliphatic carbocycles. The van der Waals surface area contributed by atoms with Crippen molar-refractivity contribution >= 4 is 11.9 Å². The molecule has 2 saturated carbocycles. The van der Waals surface area contributed by atoms with Gasteiger partial charge in [-0.3, -0.25) is 14.3 Å². The highest BCUT2D eigenvalue weighted by atomic mass is 16.5. The highest BCUT2D eigenvalue weighted by molar-refractivity contribution is 5.95. The van der Waals surface area contributed by atoms with Gasteiger partial charge in [-0.25, -0.2) is 0 Å². The Bertz CT molecular complexity index is 794. The van der Waals surface area contributed by atoms with Gasteiger partial charge in [-0.1, -0.05) is 6.07 Å². The van der Waals surface area contributed by atoms with E-state index in [-0.39, 0.29) is 23.7 Å². The molecule has 1 amide bonds. The van der Waals surface area contributed by atoms with Crippen LogP contribution in [0.5, 0.6) is 5.75 Å². The van der Waals surface area contributed by atoms with Crippen molar-refractivity contribution in [3.05, 3.63) is 47.8 Å². The number of rotatable bonds is 5. The zero-order valence-corrected chi connectivity index (χ0v) is 13.4. The summed E-state index contributed by atoms with van der Waals surface area (Å²) in [6.45, 7) is 0. The molecule has 4 rings (SSSR count). The second kappa shape index (κ2) is 5.78. The van der Waals surface area contributed by atoms with E-state index in [9.17, 15) is 9.59 Å². The zero-order valence-electron chi connectivity index (χ0n) is 13.4. The van der Waals surface area contributed by atoms with E-state index in [1.165, 1.54) is 0 Å². The maximum Gasteiger partial charge on any atom is 0.314 e. The first-order valence-corrected chi connectivity index (χ1v) is 8.21. The number of ether oxygens (including phenoxy) is 1. The number of aromatic nitrogens is 2. The van der Waals surface area contributed by atoms with E-state index >= 15 is 0 Å². The van der Waals surface area contributed by atoms with Crippen molar-refractivity contribution < 1.29 is 14.3 Å². The van der Waals surface area contributed by atoms with Gasteiger partial charge in [0.15, 0.2) is 0 Å². The summed E-state index contributed by atoms with van der Waals surface area (Å²) in [5.74, 6) is 0.115. The first kappa shape index (κ1) is 14.9. The van der Waals surface area contributed by atoms with Crippen LogP contribution < -0.4 is 10.1 Å². The molecule has 1 heterocycles. The summed E-state index contributed by atoms with van der Waals surface area (Å²) in [7, 11) is 1.86. The molecule has 6 nitrogen and oxygen atoms in total. The number of nitrogens with one attached hydrogen (secondary N) is 1. The van der Waals surface area contributed by atoms with E-state index in [1.807, 2.05) is 13.2 Å². The number of benzene rings is 1. The number of carbonyl (C=O) groups excluding carboxylic acids is 2. The standard InChI is InChI=1S/C18H19N3O3/c1-21-10-12(9-19-21)15-8-16(15)18(23)24-14-4-2-3-11(7-14)17(22)20-13-5-6-13/h2-4,7,9-10,13,15-16H,5-6,8H2,1H3,(H,20,22)/t15-,16-/m1/s1. The minimum atomic E-state index is -0.247. The van der Waals surface area contributed by atoms with Crippen molar-refractivity contribution in [2.45, 2.75) is 31.2 Å². The van der Waals surface area contributed by atoms with Crippen molar-refractivity contribution in [3.8, 4) is 5.75 Å². The third-order valence-electron chi connectivity index (χ3n) is 4.47. The van der Waals surface area contributed by atoms with Crippen LogP contribution >= 0.6 is 0 Å². The van der Waals surface area contributed by atoms with Crippen LogP contribution in [0, 0.1) is 5.92 Å². The maximum absolute atomic E-state index is 12.3. The van der Waals surface area contributed by atoms with Crippen LogP contribution in [-0.4, -0.2) is 27.7 Å². The number of hydrogen-bond acceptors (Lipinski definition) is 4. The van der Waals surface area contributed by atoms with Crippen LogP contribution in [0.25, 0.3) is 0 Å². The Morgan fingerprint density at radius 1 is 1.33 bits per heavy atom. The number of hydrogen-bond donors (Lipinski definition) is 1. The van der Waals surface area contributed by atoms with Crippen LogP contribution in [0.15, 0.2) is 36.7 Å². The maximum atomic E-state index is 12.3. The first-order valence-electron chi connectivity index (χ1n) is 8.21. The number of esters is 1. The molecule has 2 fully saturated rings. The van der Waals surface area contributed by atoms with Crippen molar-refractivity contribution in [2.24, 2.45) is 13.0 Å². The molecular formula is C18H19N3O3. The minimum Gasteiger partial charge on any atom is -0.426 e. The van der Waals surface area contributed by atoms with Gasteiger partial charge < -0.3 is 10.1 Å². The van der Waals surface area contributed by atoms with Crippen molar-refractivity contribution in [3.63, 3.8) is 0 Å². The Morgan fingerprint density at radius 3 is 2.88 bits per heavy atom. The summed E-state index contributed by atoms with van der Waals surface area (Å²) < 4.78 is 7.20. The van der Waals surface area contributed by atoms with Gasteiger partial charge in [0.25, 0.3) is 5.91 Å². The SMILES string of the molecule is Cn1cc([C@H]2C[C@H]2C(=O)Oc2cccc(C(=O)NC3CC3)c2)cn1. The molecule has 124 valence electrons. The van der Waals surface area contributed by atoms with Gasteiger partial charge in [0.05, 0.1) is 12.1 Å².